The van der Waals surface area contributed by atoms with Crippen molar-refractivity contribution >= 4 is 34.5 Å². The minimum atomic E-state index is -0.925. The van der Waals surface area contributed by atoms with Crippen molar-refractivity contribution in [1.29, 1.82) is 0 Å². The number of hydrogen-bond donors (Lipinski definition) is 3. The number of halogens is 1. The molecule has 38 heavy (non-hydrogen) atoms. The molecular formula is C25H25ClN8O4. The van der Waals surface area contributed by atoms with Crippen LogP contribution in [0.25, 0.3) is 22.6 Å². The van der Waals surface area contributed by atoms with Crippen molar-refractivity contribution in [3.8, 4) is 17.1 Å². The molecule has 6 rings (SSSR count). The number of carbonyl (C=O) groups excluding carboxylic acids is 1. The predicted molar refractivity (Wildman–Crippen MR) is 137 cm³/mol. The van der Waals surface area contributed by atoms with Crippen molar-refractivity contribution in [2.75, 3.05) is 12.4 Å². The van der Waals surface area contributed by atoms with Crippen LogP contribution in [0.15, 0.2) is 43.1 Å². The number of methoxy groups -OCH3 is 1. The minimum Gasteiger partial charge on any atom is -0.497 e. The Balaban J connectivity index is 1.35. The zero-order valence-electron chi connectivity index (χ0n) is 20.4. The molecule has 3 N–H and O–H groups in total. The van der Waals surface area contributed by atoms with Crippen molar-refractivity contribution in [3.63, 3.8) is 0 Å². The van der Waals surface area contributed by atoms with Gasteiger partial charge in [-0.05, 0) is 25.0 Å². The summed E-state index contributed by atoms with van der Waals surface area (Å²) < 4.78 is 12.9. The zero-order valence-corrected chi connectivity index (χ0v) is 21.2. The van der Waals surface area contributed by atoms with E-state index in [9.17, 15) is 9.90 Å². The highest BCUT2D eigenvalue weighted by Crippen LogP contribution is 2.34. The van der Waals surface area contributed by atoms with Crippen LogP contribution in [0.4, 0.5) is 5.82 Å². The number of imidazole rings is 1. The lowest BCUT2D eigenvalue weighted by Gasteiger charge is -2.17. The van der Waals surface area contributed by atoms with Crippen LogP contribution >= 0.6 is 11.6 Å². The number of fused-ring (bicyclic) bond motifs is 1. The SMILES string of the molecule is COc1ccnc(CNc2nc(-c3cncc(Cl)c3)nc3c2ncn3[C@@H]2O[C@H](C(=O)NC3CC3)C[C@H]2O)c1. The highest BCUT2D eigenvalue weighted by molar-refractivity contribution is 6.30. The number of aromatic nitrogens is 6. The number of rotatable bonds is 8. The Labute approximate surface area is 222 Å². The van der Waals surface area contributed by atoms with Gasteiger partial charge in [-0.25, -0.2) is 15.0 Å². The first-order valence-corrected chi connectivity index (χ1v) is 12.6. The maximum atomic E-state index is 12.6. The van der Waals surface area contributed by atoms with Crippen LogP contribution in [0.2, 0.25) is 5.02 Å². The summed E-state index contributed by atoms with van der Waals surface area (Å²) in [6.45, 7) is 0.343. The Hall–Kier alpha value is -3.87. The largest absolute Gasteiger partial charge is 0.497 e. The molecular weight excluding hydrogens is 512 g/mol. The first-order valence-electron chi connectivity index (χ1n) is 12.2. The van der Waals surface area contributed by atoms with Crippen LogP contribution in [0.1, 0.15) is 31.2 Å². The van der Waals surface area contributed by atoms with E-state index in [0.29, 0.717) is 45.7 Å². The Kier molecular flexibility index (Phi) is 6.52. The molecule has 0 aromatic carbocycles. The molecule has 0 radical (unpaired) electrons. The molecule has 1 amide bonds. The second kappa shape index (κ2) is 10.1. The summed E-state index contributed by atoms with van der Waals surface area (Å²) in [6, 6.07) is 5.50. The van der Waals surface area contributed by atoms with E-state index < -0.39 is 18.4 Å². The summed E-state index contributed by atoms with van der Waals surface area (Å²) in [5, 5.41) is 17.5. The fourth-order valence-corrected chi connectivity index (χ4v) is 4.51. The van der Waals surface area contributed by atoms with Crippen LogP contribution in [0.5, 0.6) is 5.75 Å². The smallest absolute Gasteiger partial charge is 0.249 e. The molecule has 196 valence electrons. The summed E-state index contributed by atoms with van der Waals surface area (Å²) in [7, 11) is 1.60. The summed E-state index contributed by atoms with van der Waals surface area (Å²) in [6.07, 6.45) is 5.91. The molecule has 0 unspecified atom stereocenters. The maximum absolute atomic E-state index is 12.6. The second-order valence-electron chi connectivity index (χ2n) is 9.25. The number of amides is 1. The lowest BCUT2D eigenvalue weighted by Crippen LogP contribution is -2.35. The van der Waals surface area contributed by atoms with Gasteiger partial charge in [-0.3, -0.25) is 19.3 Å². The summed E-state index contributed by atoms with van der Waals surface area (Å²) in [5.74, 6) is 1.27. The third-order valence-electron chi connectivity index (χ3n) is 6.42. The first kappa shape index (κ1) is 24.5. The zero-order chi connectivity index (χ0) is 26.2. The number of ether oxygens (including phenoxy) is 2. The number of nitrogens with one attached hydrogen (secondary N) is 2. The standard InChI is InChI=1S/C25H25ClN8O4/c1-37-17-4-5-28-16(7-17)11-29-22-20-23(33-21(32-22)13-6-14(26)10-27-9-13)34(12-30-20)25-18(35)8-19(38-25)24(36)31-15-2-3-15/h4-7,9-10,12,15,18-19,25,35H,2-3,8,11H2,1H3,(H,31,36)(H,29,32,33)/t18-,19+,25-/m1/s1. The van der Waals surface area contributed by atoms with Gasteiger partial charge < -0.3 is 25.2 Å². The Bertz CT molecular complexity index is 1490. The van der Waals surface area contributed by atoms with E-state index >= 15 is 0 Å². The number of nitrogens with zero attached hydrogens (tertiary/aromatic N) is 6. The third kappa shape index (κ3) is 4.97. The van der Waals surface area contributed by atoms with Crippen molar-refractivity contribution in [2.24, 2.45) is 0 Å². The van der Waals surface area contributed by atoms with Crippen LogP contribution < -0.4 is 15.4 Å². The number of pyridine rings is 2. The fraction of sp³-hybridized carbons (Fsp3) is 0.360. The minimum absolute atomic E-state index is 0.172. The van der Waals surface area contributed by atoms with E-state index in [1.54, 1.807) is 36.2 Å². The average molecular weight is 537 g/mol. The molecule has 13 heteroatoms. The Morgan fingerprint density at radius 2 is 2.13 bits per heavy atom. The number of aliphatic hydroxyl groups excluding tert-OH is 1. The molecule has 2 fully saturated rings. The van der Waals surface area contributed by atoms with Crippen LogP contribution in [-0.2, 0) is 16.1 Å². The van der Waals surface area contributed by atoms with E-state index in [-0.39, 0.29) is 18.4 Å². The molecule has 1 saturated carbocycles. The van der Waals surface area contributed by atoms with Gasteiger partial charge in [0, 0.05) is 42.7 Å². The van der Waals surface area contributed by atoms with Gasteiger partial charge in [0.15, 0.2) is 29.0 Å². The highest BCUT2D eigenvalue weighted by atomic mass is 35.5. The van der Waals surface area contributed by atoms with Crippen molar-refractivity contribution < 1.29 is 19.4 Å². The molecule has 4 aromatic heterocycles. The van der Waals surface area contributed by atoms with Gasteiger partial charge >= 0.3 is 0 Å². The molecule has 1 saturated heterocycles. The predicted octanol–water partition coefficient (Wildman–Crippen LogP) is 2.48. The van der Waals surface area contributed by atoms with E-state index in [4.69, 9.17) is 26.1 Å². The topological polar surface area (TPSA) is 149 Å². The number of anilines is 1. The molecule has 12 nitrogen and oxygen atoms in total. The molecule has 1 aliphatic carbocycles. The quantitative estimate of drug-likeness (QED) is 0.306. The lowest BCUT2D eigenvalue weighted by molar-refractivity contribution is -0.134. The summed E-state index contributed by atoms with van der Waals surface area (Å²) >= 11 is 6.18. The highest BCUT2D eigenvalue weighted by Gasteiger charge is 2.41. The molecule has 3 atom stereocenters. The molecule has 0 spiro atoms. The van der Waals surface area contributed by atoms with Crippen molar-refractivity contribution in [2.45, 2.75) is 50.3 Å². The Morgan fingerprint density at radius 3 is 2.92 bits per heavy atom. The normalized spacial score (nSPS) is 21.0. The summed E-state index contributed by atoms with van der Waals surface area (Å²) in [4.78, 5) is 35.0. The van der Waals surface area contributed by atoms with Crippen LogP contribution in [0.3, 0.4) is 0 Å². The molecule has 4 aromatic rings. The van der Waals surface area contributed by atoms with Crippen molar-refractivity contribution in [1.82, 2.24) is 34.8 Å². The van der Waals surface area contributed by atoms with Gasteiger partial charge in [0.05, 0.1) is 30.7 Å². The average Bonchev–Trinajstić information content (AvgIpc) is 3.50. The van der Waals surface area contributed by atoms with Gasteiger partial charge in [0.1, 0.15) is 18.0 Å². The van der Waals surface area contributed by atoms with Crippen LogP contribution in [-0.4, -0.2) is 65.9 Å². The molecule has 1 aliphatic heterocycles. The number of hydrogen-bond acceptors (Lipinski definition) is 10. The van der Waals surface area contributed by atoms with E-state index in [0.717, 1.165) is 18.5 Å². The third-order valence-corrected chi connectivity index (χ3v) is 6.63. The van der Waals surface area contributed by atoms with E-state index in [1.165, 1.54) is 12.5 Å². The molecule has 2 aliphatic rings. The van der Waals surface area contributed by atoms with E-state index in [1.807, 2.05) is 6.07 Å². The van der Waals surface area contributed by atoms with Gasteiger partial charge in [-0.1, -0.05) is 11.6 Å². The monoisotopic (exact) mass is 536 g/mol. The second-order valence-corrected chi connectivity index (χ2v) is 9.69. The number of aliphatic hydroxyl groups is 1. The van der Waals surface area contributed by atoms with Crippen LogP contribution in [0, 0.1) is 0 Å². The number of carbonyl (C=O) groups is 1. The fourth-order valence-electron chi connectivity index (χ4n) is 4.34. The van der Waals surface area contributed by atoms with Crippen molar-refractivity contribution in [3.05, 3.63) is 53.8 Å². The summed E-state index contributed by atoms with van der Waals surface area (Å²) in [5.41, 5.74) is 2.22. The van der Waals surface area contributed by atoms with Gasteiger partial charge in [0.25, 0.3) is 0 Å². The maximum Gasteiger partial charge on any atom is 0.249 e. The molecule has 5 heterocycles. The lowest BCUT2D eigenvalue weighted by atomic mass is 10.2. The van der Waals surface area contributed by atoms with Gasteiger partial charge in [-0.15, -0.1) is 0 Å². The van der Waals surface area contributed by atoms with Gasteiger partial charge in [-0.2, -0.15) is 0 Å². The first-order chi connectivity index (χ1) is 18.5. The van der Waals surface area contributed by atoms with Gasteiger partial charge in [0.2, 0.25) is 5.91 Å². The Morgan fingerprint density at radius 1 is 1.26 bits per heavy atom. The molecule has 0 bridgehead atoms. The van der Waals surface area contributed by atoms with E-state index in [2.05, 4.69) is 30.6 Å².